The first kappa shape index (κ1) is 32.3. The number of carbonyl (C=O) groups excluding carboxylic acids is 4. The number of benzene rings is 3. The van der Waals surface area contributed by atoms with Gasteiger partial charge in [-0.15, -0.1) is 0 Å². The van der Waals surface area contributed by atoms with Crippen LogP contribution >= 0.6 is 0 Å². The standard InChI is InChI=1S/C33H35N5O7/c1-21-17-29(39)45-28-19-24(14-15-25(21)28)36-30(40)26(13-8-16-35-32(34)42)37-31(41)27(18-22-9-4-2-5-10-22)38-33(43)44-20-23-11-6-3-7-12-23/h2-7,9-12,14-15,17,19,26-27H,8,13,16,18,20H2,1H3,(H,36,40)(H,37,41)(H,38,43)(H3,34,35,42). The molecule has 0 aliphatic heterocycles. The highest BCUT2D eigenvalue weighted by molar-refractivity contribution is 5.99. The molecule has 2 unspecified atom stereocenters. The minimum absolute atomic E-state index is 0.00957. The Hall–Kier alpha value is -5.65. The number of nitrogens with two attached hydrogens (primary N) is 1. The van der Waals surface area contributed by atoms with Gasteiger partial charge in [-0.25, -0.2) is 14.4 Å². The lowest BCUT2D eigenvalue weighted by Crippen LogP contribution is -2.53. The van der Waals surface area contributed by atoms with E-state index in [0.29, 0.717) is 23.1 Å². The third-order valence-corrected chi connectivity index (χ3v) is 6.92. The number of anilines is 1. The second-order valence-corrected chi connectivity index (χ2v) is 10.4. The molecule has 5 amide bonds. The Morgan fingerprint density at radius 1 is 0.844 bits per heavy atom. The predicted molar refractivity (Wildman–Crippen MR) is 168 cm³/mol. The maximum Gasteiger partial charge on any atom is 0.408 e. The summed E-state index contributed by atoms with van der Waals surface area (Å²) in [5.41, 5.74) is 7.57. The van der Waals surface area contributed by atoms with E-state index in [4.69, 9.17) is 14.9 Å². The van der Waals surface area contributed by atoms with Gasteiger partial charge in [-0.05, 0) is 48.6 Å². The Morgan fingerprint density at radius 2 is 1.53 bits per heavy atom. The largest absolute Gasteiger partial charge is 0.445 e. The molecule has 4 aromatic rings. The molecule has 12 heteroatoms. The van der Waals surface area contributed by atoms with E-state index in [1.165, 1.54) is 12.1 Å². The molecule has 0 spiro atoms. The molecule has 4 rings (SSSR count). The van der Waals surface area contributed by atoms with Crippen molar-refractivity contribution in [1.29, 1.82) is 0 Å². The fraction of sp³-hybridized carbons (Fsp3) is 0.242. The molecule has 3 aromatic carbocycles. The van der Waals surface area contributed by atoms with Crippen LogP contribution in [0.2, 0.25) is 0 Å². The molecule has 45 heavy (non-hydrogen) atoms. The number of primary amides is 1. The van der Waals surface area contributed by atoms with Crippen LogP contribution in [0.5, 0.6) is 0 Å². The van der Waals surface area contributed by atoms with Gasteiger partial charge in [-0.1, -0.05) is 60.7 Å². The zero-order chi connectivity index (χ0) is 32.2. The molecule has 0 saturated carbocycles. The van der Waals surface area contributed by atoms with Gasteiger partial charge in [-0.3, -0.25) is 9.59 Å². The van der Waals surface area contributed by atoms with Crippen molar-refractivity contribution in [2.24, 2.45) is 5.73 Å². The van der Waals surface area contributed by atoms with Gasteiger partial charge in [0.2, 0.25) is 11.8 Å². The zero-order valence-corrected chi connectivity index (χ0v) is 24.7. The second-order valence-electron chi connectivity index (χ2n) is 10.4. The summed E-state index contributed by atoms with van der Waals surface area (Å²) in [4.78, 5) is 62.8. The lowest BCUT2D eigenvalue weighted by atomic mass is 10.0. The maximum atomic E-state index is 13.6. The number of hydrogen-bond acceptors (Lipinski definition) is 7. The van der Waals surface area contributed by atoms with Crippen LogP contribution in [-0.4, -0.2) is 42.6 Å². The van der Waals surface area contributed by atoms with Gasteiger partial charge in [0.05, 0.1) is 0 Å². The van der Waals surface area contributed by atoms with E-state index < -0.39 is 41.6 Å². The summed E-state index contributed by atoms with van der Waals surface area (Å²) in [5.74, 6) is -1.17. The molecule has 0 fully saturated rings. The normalized spacial score (nSPS) is 12.0. The minimum Gasteiger partial charge on any atom is -0.445 e. The first-order chi connectivity index (χ1) is 21.7. The van der Waals surface area contributed by atoms with Crippen LogP contribution in [0.3, 0.4) is 0 Å². The van der Waals surface area contributed by atoms with E-state index in [2.05, 4.69) is 21.3 Å². The minimum atomic E-state index is -1.08. The molecule has 0 bridgehead atoms. The van der Waals surface area contributed by atoms with Crippen LogP contribution in [0.4, 0.5) is 15.3 Å². The van der Waals surface area contributed by atoms with Gasteiger partial charge >= 0.3 is 17.7 Å². The van der Waals surface area contributed by atoms with Crippen molar-refractivity contribution < 1.29 is 28.3 Å². The van der Waals surface area contributed by atoms with E-state index in [1.54, 1.807) is 19.1 Å². The summed E-state index contributed by atoms with van der Waals surface area (Å²) in [5, 5.41) is 11.3. The average molecular weight is 614 g/mol. The SMILES string of the molecule is Cc1cc(=O)oc2cc(NC(=O)C(CCCNC(N)=O)NC(=O)C(Cc3ccccc3)NC(=O)OCc3ccccc3)ccc12. The molecule has 1 heterocycles. The number of alkyl carbamates (subject to hydrolysis) is 1. The van der Waals surface area contributed by atoms with E-state index in [1.807, 2.05) is 60.7 Å². The summed E-state index contributed by atoms with van der Waals surface area (Å²) < 4.78 is 10.6. The van der Waals surface area contributed by atoms with Gasteiger partial charge in [0, 0.05) is 36.2 Å². The molecule has 0 aliphatic carbocycles. The van der Waals surface area contributed by atoms with Crippen LogP contribution in [0.25, 0.3) is 11.0 Å². The average Bonchev–Trinajstić information content (AvgIpc) is 3.01. The third kappa shape index (κ3) is 9.95. The molecular weight excluding hydrogens is 578 g/mol. The number of rotatable bonds is 13. The van der Waals surface area contributed by atoms with Gasteiger partial charge in [0.1, 0.15) is 24.3 Å². The van der Waals surface area contributed by atoms with E-state index in [-0.39, 0.29) is 26.0 Å². The molecular formula is C33H35N5O7. The van der Waals surface area contributed by atoms with Crippen LogP contribution in [0.15, 0.2) is 94.1 Å². The van der Waals surface area contributed by atoms with Crippen molar-refractivity contribution in [3.63, 3.8) is 0 Å². The second kappa shape index (κ2) is 15.7. The van der Waals surface area contributed by atoms with E-state index in [0.717, 1.165) is 16.7 Å². The van der Waals surface area contributed by atoms with Gasteiger partial charge in [0.25, 0.3) is 0 Å². The number of fused-ring (bicyclic) bond motifs is 1. The molecule has 234 valence electrons. The third-order valence-electron chi connectivity index (χ3n) is 6.92. The Labute approximate surface area is 259 Å². The van der Waals surface area contributed by atoms with Gasteiger partial charge < -0.3 is 36.2 Å². The van der Waals surface area contributed by atoms with Crippen molar-refractivity contribution in [3.05, 3.63) is 112 Å². The lowest BCUT2D eigenvalue weighted by molar-refractivity contribution is -0.128. The van der Waals surface area contributed by atoms with Crippen molar-refractivity contribution in [2.75, 3.05) is 11.9 Å². The summed E-state index contributed by atoms with van der Waals surface area (Å²) in [6.45, 7) is 1.96. The summed E-state index contributed by atoms with van der Waals surface area (Å²) in [6, 6.07) is 21.6. The highest BCUT2D eigenvalue weighted by Gasteiger charge is 2.28. The first-order valence-electron chi connectivity index (χ1n) is 14.4. The fourth-order valence-corrected chi connectivity index (χ4v) is 4.66. The highest BCUT2D eigenvalue weighted by atomic mass is 16.5. The van der Waals surface area contributed by atoms with Crippen molar-refractivity contribution in [3.8, 4) is 0 Å². The molecule has 0 saturated heterocycles. The molecule has 0 radical (unpaired) electrons. The number of aryl methyl sites for hydroxylation is 1. The van der Waals surface area contributed by atoms with E-state index >= 15 is 0 Å². The highest BCUT2D eigenvalue weighted by Crippen LogP contribution is 2.21. The van der Waals surface area contributed by atoms with E-state index in [9.17, 15) is 24.0 Å². The Bertz CT molecular complexity index is 1690. The number of amides is 5. The summed E-state index contributed by atoms with van der Waals surface area (Å²) >= 11 is 0. The number of hydrogen-bond donors (Lipinski definition) is 5. The van der Waals surface area contributed by atoms with Crippen LogP contribution in [0.1, 0.15) is 29.5 Å². The van der Waals surface area contributed by atoms with Crippen LogP contribution in [-0.2, 0) is 27.4 Å². The lowest BCUT2D eigenvalue weighted by Gasteiger charge is -2.23. The number of ether oxygens (including phenoxy) is 1. The molecule has 6 N–H and O–H groups in total. The summed E-state index contributed by atoms with van der Waals surface area (Å²) in [6.07, 6.45) is -0.220. The molecule has 1 aromatic heterocycles. The molecule has 12 nitrogen and oxygen atoms in total. The number of nitrogens with one attached hydrogen (secondary N) is 4. The van der Waals surface area contributed by atoms with Crippen molar-refractivity contribution >= 4 is 40.6 Å². The fourth-order valence-electron chi connectivity index (χ4n) is 4.66. The van der Waals surface area contributed by atoms with Crippen molar-refractivity contribution in [2.45, 2.75) is 44.9 Å². The smallest absolute Gasteiger partial charge is 0.408 e. The molecule has 0 aliphatic rings. The van der Waals surface area contributed by atoms with Gasteiger partial charge in [-0.2, -0.15) is 0 Å². The maximum absolute atomic E-state index is 13.6. The Morgan fingerprint density at radius 3 is 2.22 bits per heavy atom. The Balaban J connectivity index is 1.50. The van der Waals surface area contributed by atoms with Crippen molar-refractivity contribution in [1.82, 2.24) is 16.0 Å². The number of carbonyl (C=O) groups is 4. The summed E-state index contributed by atoms with van der Waals surface area (Å²) in [7, 11) is 0. The topological polar surface area (TPSA) is 182 Å². The monoisotopic (exact) mass is 613 g/mol. The van der Waals surface area contributed by atoms with Crippen LogP contribution in [0, 0.1) is 6.92 Å². The Kier molecular flexibility index (Phi) is 11.3. The zero-order valence-electron chi connectivity index (χ0n) is 24.7. The first-order valence-corrected chi connectivity index (χ1v) is 14.4. The predicted octanol–water partition coefficient (Wildman–Crippen LogP) is 3.51. The van der Waals surface area contributed by atoms with Crippen LogP contribution < -0.4 is 32.6 Å². The quantitative estimate of drug-likeness (QED) is 0.113. The van der Waals surface area contributed by atoms with Gasteiger partial charge in [0.15, 0.2) is 0 Å². The number of urea groups is 1. The molecule has 2 atom stereocenters.